The highest BCUT2D eigenvalue weighted by Gasteiger charge is 2.68. The van der Waals surface area contributed by atoms with Crippen LogP contribution in [-0.2, 0) is 29.2 Å². The number of hydrogen-bond acceptors (Lipinski definition) is 8. The van der Waals surface area contributed by atoms with Gasteiger partial charge >= 0.3 is 5.97 Å². The summed E-state index contributed by atoms with van der Waals surface area (Å²) < 4.78 is 35.3. The van der Waals surface area contributed by atoms with Crippen molar-refractivity contribution in [1.82, 2.24) is 0 Å². The first-order valence-corrected chi connectivity index (χ1v) is 13.7. The van der Waals surface area contributed by atoms with E-state index in [2.05, 4.69) is 13.8 Å². The van der Waals surface area contributed by atoms with Crippen molar-refractivity contribution in [3.63, 3.8) is 0 Å². The van der Waals surface area contributed by atoms with Gasteiger partial charge in [0.25, 0.3) is 10.1 Å². The largest absolute Gasteiger partial charge is 0.458 e. The average Bonchev–Trinajstić information content (AvgIpc) is 3.02. The van der Waals surface area contributed by atoms with Gasteiger partial charge in [0.1, 0.15) is 5.60 Å². The average molecular weight is 511 g/mol. The lowest BCUT2D eigenvalue weighted by Crippen LogP contribution is -2.62. The number of carbonyl (C=O) groups excluding carboxylic acids is 3. The van der Waals surface area contributed by atoms with Crippen molar-refractivity contribution in [2.75, 3.05) is 12.4 Å². The van der Waals surface area contributed by atoms with Crippen LogP contribution in [0.5, 0.6) is 0 Å². The molecule has 3 N–H and O–H groups in total. The van der Waals surface area contributed by atoms with Gasteiger partial charge in [-0.05, 0) is 55.6 Å². The van der Waals surface area contributed by atoms with Gasteiger partial charge in [-0.15, -0.1) is 0 Å². The van der Waals surface area contributed by atoms with E-state index in [0.717, 1.165) is 12.0 Å². The van der Waals surface area contributed by atoms with Gasteiger partial charge in [0, 0.05) is 16.7 Å². The second-order valence-corrected chi connectivity index (χ2v) is 12.8. The Morgan fingerprint density at radius 3 is 2.60 bits per heavy atom. The highest BCUT2D eigenvalue weighted by Crippen LogP contribution is 2.67. The summed E-state index contributed by atoms with van der Waals surface area (Å²) >= 11 is 0. The summed E-state index contributed by atoms with van der Waals surface area (Å²) in [7, 11) is -4.34. The SMILES string of the molecule is C[C@H]1CC2C(C(O)C[C@@]3(C)C2CC[C@]3(O)C(=O)COC(=O)CCS(=O)(=O)O)[C@@]2(C)C=CC(=O)C=C12. The second kappa shape index (κ2) is 8.61. The van der Waals surface area contributed by atoms with Crippen molar-refractivity contribution in [3.8, 4) is 0 Å². The van der Waals surface area contributed by atoms with E-state index in [1.54, 1.807) is 12.2 Å². The third-order valence-corrected chi connectivity index (χ3v) is 10.1. The van der Waals surface area contributed by atoms with E-state index in [4.69, 9.17) is 9.29 Å². The molecule has 3 saturated carbocycles. The maximum absolute atomic E-state index is 13.2. The molecule has 0 aliphatic heterocycles. The zero-order valence-corrected chi connectivity index (χ0v) is 21.1. The number of hydrogen-bond donors (Lipinski definition) is 3. The number of esters is 1. The van der Waals surface area contributed by atoms with E-state index >= 15 is 0 Å². The summed E-state index contributed by atoms with van der Waals surface area (Å²) in [4.78, 5) is 37.1. The lowest BCUT2D eigenvalue weighted by atomic mass is 9.45. The lowest BCUT2D eigenvalue weighted by molar-refractivity contribution is -0.182. The molecular weight excluding hydrogens is 476 g/mol. The molecule has 10 heteroatoms. The number of fused-ring (bicyclic) bond motifs is 5. The van der Waals surface area contributed by atoms with E-state index in [0.29, 0.717) is 6.42 Å². The van der Waals surface area contributed by atoms with E-state index < -0.39 is 63.2 Å². The summed E-state index contributed by atoms with van der Waals surface area (Å²) in [6.07, 6.45) is 5.42. The molecule has 4 rings (SSSR count). The summed E-state index contributed by atoms with van der Waals surface area (Å²) in [5.41, 5.74) is -2.19. The van der Waals surface area contributed by atoms with Crippen LogP contribution in [0.25, 0.3) is 0 Å². The summed E-state index contributed by atoms with van der Waals surface area (Å²) in [5, 5.41) is 23.1. The Balaban J connectivity index is 1.55. The quantitative estimate of drug-likeness (QED) is 0.357. The molecule has 4 unspecified atom stereocenters. The summed E-state index contributed by atoms with van der Waals surface area (Å²) in [6.45, 7) is 5.24. The Bertz CT molecular complexity index is 1110. The molecule has 3 fully saturated rings. The van der Waals surface area contributed by atoms with Crippen molar-refractivity contribution >= 4 is 27.7 Å². The molecule has 0 amide bonds. The van der Waals surface area contributed by atoms with Gasteiger partial charge in [0.2, 0.25) is 5.78 Å². The van der Waals surface area contributed by atoms with Crippen LogP contribution in [0.3, 0.4) is 0 Å². The Labute approximate surface area is 205 Å². The van der Waals surface area contributed by atoms with Crippen LogP contribution in [0, 0.1) is 34.5 Å². The zero-order chi connectivity index (χ0) is 26.0. The highest BCUT2D eigenvalue weighted by molar-refractivity contribution is 7.85. The van der Waals surface area contributed by atoms with Crippen LogP contribution in [0.2, 0.25) is 0 Å². The van der Waals surface area contributed by atoms with Crippen LogP contribution < -0.4 is 0 Å². The van der Waals surface area contributed by atoms with Crippen LogP contribution in [0.4, 0.5) is 0 Å². The molecule has 0 aromatic carbocycles. The molecule has 9 nitrogen and oxygen atoms in total. The molecule has 0 spiro atoms. The first-order valence-electron chi connectivity index (χ1n) is 12.1. The first-order chi connectivity index (χ1) is 16.1. The molecule has 8 atom stereocenters. The van der Waals surface area contributed by atoms with Crippen LogP contribution >= 0.6 is 0 Å². The fourth-order valence-electron chi connectivity index (χ4n) is 7.76. The maximum atomic E-state index is 13.2. The van der Waals surface area contributed by atoms with Gasteiger partial charge < -0.3 is 14.9 Å². The van der Waals surface area contributed by atoms with E-state index in [1.807, 2.05) is 13.0 Å². The minimum absolute atomic E-state index is 0.0258. The Morgan fingerprint density at radius 2 is 1.94 bits per heavy atom. The Kier molecular flexibility index (Phi) is 6.44. The number of rotatable bonds is 6. The molecule has 0 aromatic heterocycles. The van der Waals surface area contributed by atoms with Gasteiger partial charge in [-0.2, -0.15) is 8.42 Å². The predicted molar refractivity (Wildman–Crippen MR) is 125 cm³/mol. The van der Waals surface area contributed by atoms with Crippen molar-refractivity contribution in [3.05, 3.63) is 23.8 Å². The number of aliphatic hydroxyl groups is 2. The summed E-state index contributed by atoms with van der Waals surface area (Å²) in [6, 6.07) is 0. The van der Waals surface area contributed by atoms with Crippen LogP contribution in [0.15, 0.2) is 23.8 Å². The fourth-order valence-corrected chi connectivity index (χ4v) is 8.19. The number of Topliss-reactive ketones (excluding diaryl/α,β-unsaturated/α-hetero) is 1. The van der Waals surface area contributed by atoms with Gasteiger partial charge in [0.05, 0.1) is 18.3 Å². The molecule has 194 valence electrons. The molecule has 0 bridgehead atoms. The fraction of sp³-hybridized carbons (Fsp3) is 0.720. The van der Waals surface area contributed by atoms with Gasteiger partial charge in [0.15, 0.2) is 12.4 Å². The Hall–Kier alpha value is -1.88. The van der Waals surface area contributed by atoms with Gasteiger partial charge in [-0.1, -0.05) is 32.4 Å². The topological polar surface area (TPSA) is 155 Å². The van der Waals surface area contributed by atoms with Crippen LogP contribution in [0.1, 0.15) is 52.9 Å². The molecule has 0 saturated heterocycles. The number of ketones is 2. The molecule has 0 aromatic rings. The molecule has 0 heterocycles. The summed E-state index contributed by atoms with van der Waals surface area (Å²) in [5.74, 6) is -2.56. The van der Waals surface area contributed by atoms with Crippen molar-refractivity contribution in [1.29, 1.82) is 0 Å². The minimum atomic E-state index is -4.34. The Morgan fingerprint density at radius 1 is 1.26 bits per heavy atom. The van der Waals surface area contributed by atoms with E-state index in [-0.39, 0.29) is 42.3 Å². The third kappa shape index (κ3) is 4.22. The standard InChI is InChI=1S/C25H34O9S/c1-14-10-16-17-5-8-25(30,20(28)13-34-21(29)6-9-35(31,32)33)24(17,3)12-19(27)22(16)23(2)7-4-15(26)11-18(14)23/h4,7,11,14,16-17,19,22,27,30H,5-6,8-10,12-13H2,1-3H3,(H,31,32,33)/t14-,16?,17?,19?,22?,23-,24-,25-/m0/s1. The lowest BCUT2D eigenvalue weighted by Gasteiger charge is -2.60. The second-order valence-electron chi connectivity index (χ2n) is 11.3. The number of ether oxygens (including phenoxy) is 1. The van der Waals surface area contributed by atoms with Crippen molar-refractivity contribution in [2.24, 2.45) is 34.5 Å². The number of carbonyl (C=O) groups is 3. The van der Waals surface area contributed by atoms with Crippen molar-refractivity contribution in [2.45, 2.75) is 64.6 Å². The van der Waals surface area contributed by atoms with E-state index in [9.17, 15) is 33.0 Å². The van der Waals surface area contributed by atoms with Gasteiger partial charge in [-0.3, -0.25) is 18.9 Å². The molecule has 4 aliphatic carbocycles. The third-order valence-electron chi connectivity index (χ3n) is 9.36. The molecule has 0 radical (unpaired) electrons. The minimum Gasteiger partial charge on any atom is -0.458 e. The highest BCUT2D eigenvalue weighted by atomic mass is 32.2. The number of aliphatic hydroxyl groups excluding tert-OH is 1. The van der Waals surface area contributed by atoms with Gasteiger partial charge in [-0.25, -0.2) is 0 Å². The normalized spacial score (nSPS) is 42.5. The number of allylic oxidation sites excluding steroid dienone is 4. The zero-order valence-electron chi connectivity index (χ0n) is 20.3. The van der Waals surface area contributed by atoms with Crippen LogP contribution in [-0.4, -0.2) is 64.8 Å². The smallest absolute Gasteiger partial charge is 0.307 e. The monoisotopic (exact) mass is 510 g/mol. The molecule has 4 aliphatic rings. The predicted octanol–water partition coefficient (Wildman–Crippen LogP) is 1.63. The molecular formula is C25H34O9S. The van der Waals surface area contributed by atoms with E-state index in [1.165, 1.54) is 0 Å². The first kappa shape index (κ1) is 26.2. The van der Waals surface area contributed by atoms with Crippen molar-refractivity contribution < 1.29 is 42.3 Å². The molecule has 35 heavy (non-hydrogen) atoms. The maximum Gasteiger partial charge on any atom is 0.307 e.